The number of hydrogen-bond donors (Lipinski definition) is 1. The molecule has 0 amide bonds. The normalized spacial score (nSPS) is 12.2. The molecule has 1 N–H and O–H groups in total. The van der Waals surface area contributed by atoms with E-state index in [1.807, 2.05) is 31.3 Å². The van der Waals surface area contributed by atoms with Crippen LogP contribution in [0.25, 0.3) is 0 Å². The Morgan fingerprint density at radius 2 is 2.24 bits per heavy atom. The number of benzene rings is 1. The average molecular weight is 254 g/mol. The van der Waals surface area contributed by atoms with Crippen molar-refractivity contribution >= 4 is 17.3 Å². The molecule has 0 bridgehead atoms. The standard InChI is InChI=1S/C14H20ClNO/c1-4-5-6-9-16(3)14-8-7-12(11(2)17)10-13(14)15/h4,7-8,10-11,17H,1,5-6,9H2,2-3H3/t11-/m0/s1. The molecule has 0 unspecified atom stereocenters. The van der Waals surface area contributed by atoms with E-state index in [1.165, 1.54) is 0 Å². The van der Waals surface area contributed by atoms with Crippen molar-refractivity contribution in [2.24, 2.45) is 0 Å². The van der Waals surface area contributed by atoms with Crippen LogP contribution in [0, 0.1) is 0 Å². The van der Waals surface area contributed by atoms with Crippen LogP contribution in [-0.2, 0) is 0 Å². The van der Waals surface area contributed by atoms with Gasteiger partial charge in [0.2, 0.25) is 0 Å². The van der Waals surface area contributed by atoms with Crippen LogP contribution in [0.5, 0.6) is 0 Å². The van der Waals surface area contributed by atoms with Crippen molar-refractivity contribution in [2.75, 3.05) is 18.5 Å². The number of aliphatic hydroxyl groups excluding tert-OH is 1. The van der Waals surface area contributed by atoms with E-state index >= 15 is 0 Å². The quantitative estimate of drug-likeness (QED) is 0.616. The molecule has 2 nitrogen and oxygen atoms in total. The highest BCUT2D eigenvalue weighted by molar-refractivity contribution is 6.33. The SMILES string of the molecule is C=CCCCN(C)c1ccc([C@H](C)O)cc1Cl. The first-order valence-electron chi connectivity index (χ1n) is 5.85. The van der Waals surface area contributed by atoms with Crippen LogP contribution in [0.2, 0.25) is 5.02 Å². The minimum atomic E-state index is -0.479. The maximum atomic E-state index is 9.47. The summed E-state index contributed by atoms with van der Waals surface area (Å²) in [6, 6.07) is 5.69. The molecule has 3 heteroatoms. The Morgan fingerprint density at radius 1 is 1.53 bits per heavy atom. The molecular weight excluding hydrogens is 234 g/mol. The lowest BCUT2D eigenvalue weighted by molar-refractivity contribution is 0.199. The van der Waals surface area contributed by atoms with E-state index in [1.54, 1.807) is 6.92 Å². The van der Waals surface area contributed by atoms with Gasteiger partial charge in [-0.05, 0) is 37.5 Å². The molecule has 1 rings (SSSR count). The number of anilines is 1. The highest BCUT2D eigenvalue weighted by atomic mass is 35.5. The number of hydrogen-bond acceptors (Lipinski definition) is 2. The van der Waals surface area contributed by atoms with Crippen molar-refractivity contribution in [2.45, 2.75) is 25.9 Å². The summed E-state index contributed by atoms with van der Waals surface area (Å²) in [5.41, 5.74) is 1.85. The summed E-state index contributed by atoms with van der Waals surface area (Å²) in [6.07, 6.45) is 3.52. The van der Waals surface area contributed by atoms with E-state index in [2.05, 4.69) is 11.5 Å². The Hall–Kier alpha value is -0.990. The maximum absolute atomic E-state index is 9.47. The molecule has 0 aliphatic heterocycles. The van der Waals surface area contributed by atoms with Crippen molar-refractivity contribution in [3.8, 4) is 0 Å². The third-order valence-electron chi connectivity index (χ3n) is 2.77. The third kappa shape index (κ3) is 4.06. The van der Waals surface area contributed by atoms with E-state index in [9.17, 15) is 5.11 Å². The molecule has 0 spiro atoms. The van der Waals surface area contributed by atoms with Gasteiger partial charge in [0, 0.05) is 13.6 Å². The largest absolute Gasteiger partial charge is 0.389 e. The Labute approximate surface area is 109 Å². The van der Waals surface area contributed by atoms with Gasteiger partial charge in [0.1, 0.15) is 0 Å². The first-order chi connectivity index (χ1) is 8.06. The molecule has 0 radical (unpaired) electrons. The minimum Gasteiger partial charge on any atom is -0.389 e. The summed E-state index contributed by atoms with van der Waals surface area (Å²) in [5, 5.41) is 10.2. The average Bonchev–Trinajstić information content (AvgIpc) is 2.28. The van der Waals surface area contributed by atoms with Crippen molar-refractivity contribution in [1.82, 2.24) is 0 Å². The summed E-state index contributed by atoms with van der Waals surface area (Å²) in [5.74, 6) is 0. The summed E-state index contributed by atoms with van der Waals surface area (Å²) < 4.78 is 0. The van der Waals surface area contributed by atoms with E-state index < -0.39 is 6.10 Å². The molecule has 0 aliphatic rings. The molecule has 1 aromatic rings. The van der Waals surface area contributed by atoms with Crippen LogP contribution in [-0.4, -0.2) is 18.7 Å². The smallest absolute Gasteiger partial charge is 0.0762 e. The lowest BCUT2D eigenvalue weighted by atomic mass is 10.1. The van der Waals surface area contributed by atoms with Crippen LogP contribution in [0.15, 0.2) is 30.9 Å². The minimum absolute atomic E-state index is 0.479. The summed E-state index contributed by atoms with van der Waals surface area (Å²) in [7, 11) is 2.02. The van der Waals surface area contributed by atoms with Crippen LogP contribution < -0.4 is 4.90 Å². The van der Waals surface area contributed by atoms with Crippen molar-refractivity contribution < 1.29 is 5.11 Å². The number of unbranched alkanes of at least 4 members (excludes halogenated alkanes) is 1. The second kappa shape index (κ2) is 6.67. The van der Waals surface area contributed by atoms with Gasteiger partial charge in [-0.3, -0.25) is 0 Å². The third-order valence-corrected chi connectivity index (χ3v) is 3.07. The molecule has 0 aliphatic carbocycles. The molecule has 94 valence electrons. The van der Waals surface area contributed by atoms with Crippen molar-refractivity contribution in [3.05, 3.63) is 41.4 Å². The van der Waals surface area contributed by atoms with Crippen molar-refractivity contribution in [3.63, 3.8) is 0 Å². The predicted octanol–water partition coefficient (Wildman–Crippen LogP) is 3.80. The van der Waals surface area contributed by atoms with Crippen LogP contribution in [0.1, 0.15) is 31.4 Å². The Balaban J connectivity index is 2.73. The number of allylic oxidation sites excluding steroid dienone is 1. The number of aliphatic hydroxyl groups is 1. The van der Waals surface area contributed by atoms with Gasteiger partial charge in [0.15, 0.2) is 0 Å². The maximum Gasteiger partial charge on any atom is 0.0762 e. The molecule has 1 aromatic carbocycles. The van der Waals surface area contributed by atoms with E-state index in [0.717, 1.165) is 30.6 Å². The fourth-order valence-electron chi connectivity index (χ4n) is 1.69. The van der Waals surface area contributed by atoms with Gasteiger partial charge in [0.25, 0.3) is 0 Å². The lowest BCUT2D eigenvalue weighted by Crippen LogP contribution is -2.18. The second-order valence-corrected chi connectivity index (χ2v) is 4.65. The van der Waals surface area contributed by atoms with E-state index in [0.29, 0.717) is 5.02 Å². The second-order valence-electron chi connectivity index (χ2n) is 4.24. The van der Waals surface area contributed by atoms with Crippen LogP contribution in [0.4, 0.5) is 5.69 Å². The van der Waals surface area contributed by atoms with Gasteiger partial charge < -0.3 is 10.0 Å². The highest BCUT2D eigenvalue weighted by Gasteiger charge is 2.08. The molecule has 0 saturated carbocycles. The Bertz CT molecular complexity index is 376. The summed E-state index contributed by atoms with van der Waals surface area (Å²) in [4.78, 5) is 2.12. The summed E-state index contributed by atoms with van der Waals surface area (Å²) >= 11 is 6.21. The van der Waals surface area contributed by atoms with Gasteiger partial charge in [0.05, 0.1) is 16.8 Å². The molecular formula is C14H20ClNO. The van der Waals surface area contributed by atoms with Gasteiger partial charge in [-0.2, -0.15) is 0 Å². The molecule has 0 aromatic heterocycles. The van der Waals surface area contributed by atoms with Gasteiger partial charge in [-0.15, -0.1) is 6.58 Å². The first-order valence-corrected chi connectivity index (χ1v) is 6.23. The number of halogens is 1. The highest BCUT2D eigenvalue weighted by Crippen LogP contribution is 2.28. The Kier molecular flexibility index (Phi) is 5.52. The monoisotopic (exact) mass is 253 g/mol. The zero-order valence-corrected chi connectivity index (χ0v) is 11.2. The zero-order valence-electron chi connectivity index (χ0n) is 10.5. The molecule has 0 fully saturated rings. The fourth-order valence-corrected chi connectivity index (χ4v) is 2.02. The van der Waals surface area contributed by atoms with Crippen LogP contribution >= 0.6 is 11.6 Å². The lowest BCUT2D eigenvalue weighted by Gasteiger charge is -2.21. The van der Waals surface area contributed by atoms with E-state index in [4.69, 9.17) is 11.6 Å². The van der Waals surface area contributed by atoms with Crippen molar-refractivity contribution in [1.29, 1.82) is 0 Å². The van der Waals surface area contributed by atoms with E-state index in [-0.39, 0.29) is 0 Å². The topological polar surface area (TPSA) is 23.5 Å². The van der Waals surface area contributed by atoms with Crippen LogP contribution in [0.3, 0.4) is 0 Å². The molecule has 17 heavy (non-hydrogen) atoms. The fraction of sp³-hybridized carbons (Fsp3) is 0.429. The Morgan fingerprint density at radius 3 is 2.76 bits per heavy atom. The molecule has 1 atom stereocenters. The predicted molar refractivity (Wildman–Crippen MR) is 74.8 cm³/mol. The molecule has 0 saturated heterocycles. The zero-order chi connectivity index (χ0) is 12.8. The molecule has 0 heterocycles. The number of nitrogens with zero attached hydrogens (tertiary/aromatic N) is 1. The summed E-state index contributed by atoms with van der Waals surface area (Å²) in [6.45, 7) is 6.39. The van der Waals surface area contributed by atoms with Gasteiger partial charge >= 0.3 is 0 Å². The van der Waals surface area contributed by atoms with Gasteiger partial charge in [-0.1, -0.05) is 23.7 Å². The van der Waals surface area contributed by atoms with Gasteiger partial charge in [-0.25, -0.2) is 0 Å². The number of rotatable bonds is 6. The first kappa shape index (κ1) is 14.1.